The molecule has 0 bridgehead atoms. The Morgan fingerprint density at radius 1 is 1.38 bits per heavy atom. The molecular weight excluding hydrogens is 487 g/mol. The number of rotatable bonds is 7. The van der Waals surface area contributed by atoms with Gasteiger partial charge in [0.2, 0.25) is 0 Å². The predicted octanol–water partition coefficient (Wildman–Crippen LogP) is 0.859. The summed E-state index contributed by atoms with van der Waals surface area (Å²) in [6, 6.07) is 3.82. The van der Waals surface area contributed by atoms with Gasteiger partial charge in [0.1, 0.15) is 5.60 Å². The van der Waals surface area contributed by atoms with Crippen LogP contribution in [-0.4, -0.2) is 75.2 Å². The first-order chi connectivity index (χ1) is 11.8. The van der Waals surface area contributed by atoms with E-state index in [1.54, 1.807) is 6.92 Å². The summed E-state index contributed by atoms with van der Waals surface area (Å²) in [5.41, 5.74) is -0.988. The molecule has 0 aromatic carbocycles. The number of thiophene rings is 1. The summed E-state index contributed by atoms with van der Waals surface area (Å²) in [7, 11) is -2.84. The minimum Gasteiger partial charge on any atom is -0.383 e. The Kier molecular flexibility index (Phi) is 9.80. The zero-order valence-electron chi connectivity index (χ0n) is 15.3. The third kappa shape index (κ3) is 7.67. The number of nitrogens with one attached hydrogen (secondary N) is 2. The number of hydrogen-bond donors (Lipinski definition) is 3. The van der Waals surface area contributed by atoms with Gasteiger partial charge in [-0.3, -0.25) is 4.90 Å². The molecule has 0 amide bonds. The van der Waals surface area contributed by atoms with Gasteiger partial charge in [-0.15, -0.1) is 35.3 Å². The molecule has 1 aliphatic rings. The van der Waals surface area contributed by atoms with E-state index in [-0.39, 0.29) is 42.0 Å². The summed E-state index contributed by atoms with van der Waals surface area (Å²) >= 11 is 1.52. The van der Waals surface area contributed by atoms with Crippen molar-refractivity contribution in [3.63, 3.8) is 0 Å². The molecule has 0 spiro atoms. The minimum absolute atomic E-state index is 0. The van der Waals surface area contributed by atoms with E-state index in [1.165, 1.54) is 11.3 Å². The summed E-state index contributed by atoms with van der Waals surface area (Å²) in [6.45, 7) is 7.37. The number of nitrogens with zero attached hydrogens (tertiary/aromatic N) is 2. The SMILES string of the molecule is CCNC(=NCC(C)(O)c1cccs1)NCCN1CCS(=O)(=O)CC1.I. The molecule has 3 N–H and O–H groups in total. The average Bonchev–Trinajstić information content (AvgIpc) is 3.09. The molecule has 1 atom stereocenters. The molecular formula is C16H29IN4O3S2. The molecule has 0 radical (unpaired) electrons. The van der Waals surface area contributed by atoms with Crippen LogP contribution in [0.1, 0.15) is 18.7 Å². The number of guanidine groups is 1. The maximum atomic E-state index is 11.4. The van der Waals surface area contributed by atoms with Gasteiger partial charge < -0.3 is 15.7 Å². The summed E-state index contributed by atoms with van der Waals surface area (Å²) in [6.07, 6.45) is 0. The largest absolute Gasteiger partial charge is 0.383 e. The summed E-state index contributed by atoms with van der Waals surface area (Å²) < 4.78 is 22.9. The number of halogens is 1. The summed E-state index contributed by atoms with van der Waals surface area (Å²) in [5, 5.41) is 18.9. The zero-order chi connectivity index (χ0) is 18.3. The molecule has 2 rings (SSSR count). The van der Waals surface area contributed by atoms with Crippen LogP contribution in [0, 0.1) is 0 Å². The molecule has 1 aromatic rings. The fourth-order valence-electron chi connectivity index (χ4n) is 2.54. The van der Waals surface area contributed by atoms with Crippen molar-refractivity contribution in [2.24, 2.45) is 4.99 Å². The second-order valence-corrected chi connectivity index (χ2v) is 9.62. The van der Waals surface area contributed by atoms with E-state index in [0.717, 1.165) is 18.0 Å². The third-order valence-electron chi connectivity index (χ3n) is 4.10. The fourth-order valence-corrected chi connectivity index (χ4v) is 4.60. The Morgan fingerprint density at radius 3 is 2.65 bits per heavy atom. The van der Waals surface area contributed by atoms with Crippen LogP contribution in [0.2, 0.25) is 0 Å². The Balaban J connectivity index is 0.00000338. The molecule has 150 valence electrons. The first-order valence-corrected chi connectivity index (χ1v) is 11.2. The van der Waals surface area contributed by atoms with Crippen molar-refractivity contribution in [2.75, 3.05) is 50.8 Å². The van der Waals surface area contributed by atoms with E-state index in [0.29, 0.717) is 25.6 Å². The Hall–Kier alpha value is -0.430. The van der Waals surface area contributed by atoms with E-state index in [4.69, 9.17) is 0 Å². The Morgan fingerprint density at radius 2 is 2.08 bits per heavy atom. The molecule has 0 saturated carbocycles. The lowest BCUT2D eigenvalue weighted by atomic mass is 10.1. The summed E-state index contributed by atoms with van der Waals surface area (Å²) in [4.78, 5) is 7.51. The quantitative estimate of drug-likeness (QED) is 0.283. The molecule has 1 saturated heterocycles. The van der Waals surface area contributed by atoms with Gasteiger partial charge in [-0.05, 0) is 25.3 Å². The van der Waals surface area contributed by atoms with E-state index in [2.05, 4.69) is 20.5 Å². The van der Waals surface area contributed by atoms with Crippen molar-refractivity contribution >= 4 is 51.1 Å². The van der Waals surface area contributed by atoms with Crippen LogP contribution in [-0.2, 0) is 15.4 Å². The average molecular weight is 516 g/mol. The first-order valence-electron chi connectivity index (χ1n) is 8.54. The first kappa shape index (κ1) is 23.6. The van der Waals surface area contributed by atoms with Gasteiger partial charge in [0, 0.05) is 37.6 Å². The molecule has 10 heteroatoms. The molecule has 1 fully saturated rings. The molecule has 2 heterocycles. The van der Waals surface area contributed by atoms with E-state index >= 15 is 0 Å². The van der Waals surface area contributed by atoms with Gasteiger partial charge in [0.25, 0.3) is 0 Å². The molecule has 7 nitrogen and oxygen atoms in total. The molecule has 1 aromatic heterocycles. The number of aliphatic imine (C=N–C) groups is 1. The second kappa shape index (κ2) is 10.8. The minimum atomic E-state index is -2.84. The van der Waals surface area contributed by atoms with Gasteiger partial charge in [-0.25, -0.2) is 13.4 Å². The van der Waals surface area contributed by atoms with Crippen molar-refractivity contribution in [3.05, 3.63) is 22.4 Å². The van der Waals surface area contributed by atoms with Gasteiger partial charge in [-0.1, -0.05) is 6.07 Å². The summed E-state index contributed by atoms with van der Waals surface area (Å²) in [5.74, 6) is 1.14. The molecule has 0 aliphatic carbocycles. The number of sulfone groups is 1. The highest BCUT2D eigenvalue weighted by molar-refractivity contribution is 14.0. The van der Waals surface area contributed by atoms with Crippen molar-refractivity contribution in [1.29, 1.82) is 0 Å². The number of aliphatic hydroxyl groups is 1. The lowest BCUT2D eigenvalue weighted by Crippen LogP contribution is -2.46. The van der Waals surface area contributed by atoms with Crippen LogP contribution in [0.3, 0.4) is 0 Å². The standard InChI is InChI=1S/C16H28N4O3S2.HI/c1-3-17-15(19-13-16(2,21)14-5-4-10-24-14)18-6-7-20-8-11-25(22,23)12-9-20;/h4-5,10,21H,3,6-9,11-13H2,1-2H3,(H2,17,18,19);1H. The van der Waals surface area contributed by atoms with Crippen LogP contribution in [0.5, 0.6) is 0 Å². The van der Waals surface area contributed by atoms with E-state index in [9.17, 15) is 13.5 Å². The topological polar surface area (TPSA) is 94.0 Å². The van der Waals surface area contributed by atoms with Crippen LogP contribution in [0.4, 0.5) is 0 Å². The smallest absolute Gasteiger partial charge is 0.191 e. The Labute approximate surface area is 177 Å². The highest BCUT2D eigenvalue weighted by Gasteiger charge is 2.24. The molecule has 1 aliphatic heterocycles. The normalized spacial score (nSPS) is 20.0. The van der Waals surface area contributed by atoms with Crippen LogP contribution in [0.25, 0.3) is 0 Å². The van der Waals surface area contributed by atoms with E-state index < -0.39 is 15.4 Å². The van der Waals surface area contributed by atoms with Gasteiger partial charge in [-0.2, -0.15) is 0 Å². The van der Waals surface area contributed by atoms with Crippen molar-refractivity contribution in [2.45, 2.75) is 19.4 Å². The van der Waals surface area contributed by atoms with Crippen molar-refractivity contribution in [1.82, 2.24) is 15.5 Å². The van der Waals surface area contributed by atoms with Gasteiger partial charge in [0.05, 0.1) is 18.1 Å². The van der Waals surface area contributed by atoms with Gasteiger partial charge in [0.15, 0.2) is 15.8 Å². The second-order valence-electron chi connectivity index (χ2n) is 6.37. The molecule has 1 unspecified atom stereocenters. The van der Waals surface area contributed by atoms with E-state index in [1.807, 2.05) is 24.4 Å². The number of hydrogen-bond acceptors (Lipinski definition) is 6. The van der Waals surface area contributed by atoms with Gasteiger partial charge >= 0.3 is 0 Å². The predicted molar refractivity (Wildman–Crippen MR) is 118 cm³/mol. The lowest BCUT2D eigenvalue weighted by molar-refractivity contribution is 0.0711. The Bertz CT molecular complexity index is 649. The maximum absolute atomic E-state index is 11.4. The molecule has 26 heavy (non-hydrogen) atoms. The van der Waals surface area contributed by atoms with Crippen LogP contribution >= 0.6 is 35.3 Å². The monoisotopic (exact) mass is 516 g/mol. The third-order valence-corrected chi connectivity index (χ3v) is 6.83. The van der Waals surface area contributed by atoms with Crippen LogP contribution < -0.4 is 10.6 Å². The highest BCUT2D eigenvalue weighted by atomic mass is 127. The van der Waals surface area contributed by atoms with Crippen LogP contribution in [0.15, 0.2) is 22.5 Å². The van der Waals surface area contributed by atoms with Crippen molar-refractivity contribution in [3.8, 4) is 0 Å². The fraction of sp³-hybridized carbons (Fsp3) is 0.688. The zero-order valence-corrected chi connectivity index (χ0v) is 19.2. The van der Waals surface area contributed by atoms with Crippen molar-refractivity contribution < 1.29 is 13.5 Å². The lowest BCUT2D eigenvalue weighted by Gasteiger charge is -2.27. The maximum Gasteiger partial charge on any atom is 0.191 e. The highest BCUT2D eigenvalue weighted by Crippen LogP contribution is 2.25.